The van der Waals surface area contributed by atoms with E-state index in [1.165, 1.54) is 0 Å². The van der Waals surface area contributed by atoms with Gasteiger partial charge in [0.25, 0.3) is 0 Å². The van der Waals surface area contributed by atoms with E-state index in [2.05, 4.69) is 0 Å². The van der Waals surface area contributed by atoms with Crippen LogP contribution >= 0.6 is 0 Å². The largest absolute Gasteiger partial charge is 0.370 e. The van der Waals surface area contributed by atoms with Crippen molar-refractivity contribution in [3.8, 4) is 0 Å². The molecule has 1 atom stereocenters. The maximum absolute atomic E-state index is 10.7. The van der Waals surface area contributed by atoms with Gasteiger partial charge in [0.05, 0.1) is 0 Å². The molecule has 0 bridgehead atoms. The lowest BCUT2D eigenvalue weighted by Crippen LogP contribution is -2.25. The van der Waals surface area contributed by atoms with Crippen molar-refractivity contribution in [2.24, 2.45) is 0 Å². The number of ether oxygens (including phenoxy) is 1. The van der Waals surface area contributed by atoms with Crippen molar-refractivity contribution in [1.82, 2.24) is 0 Å². The lowest BCUT2D eigenvalue weighted by Gasteiger charge is -2.19. The van der Waals surface area contributed by atoms with E-state index in [9.17, 15) is 4.79 Å². The van der Waals surface area contributed by atoms with Crippen molar-refractivity contribution < 1.29 is 9.53 Å². The van der Waals surface area contributed by atoms with Gasteiger partial charge >= 0.3 is 0 Å². The Morgan fingerprint density at radius 2 is 2.00 bits per heavy atom. The van der Waals surface area contributed by atoms with Crippen LogP contribution in [0.1, 0.15) is 40.0 Å². The van der Waals surface area contributed by atoms with Gasteiger partial charge in [0.2, 0.25) is 0 Å². The van der Waals surface area contributed by atoms with Crippen LogP contribution in [0.15, 0.2) is 0 Å². The fourth-order valence-electron chi connectivity index (χ4n) is 1.06. The zero-order valence-corrected chi connectivity index (χ0v) is 7.72. The van der Waals surface area contributed by atoms with Gasteiger partial charge in [-0.3, -0.25) is 4.79 Å². The summed E-state index contributed by atoms with van der Waals surface area (Å²) in [6.07, 6.45) is 3.10. The second-order valence-corrected chi connectivity index (χ2v) is 2.47. The molecule has 0 radical (unpaired) electrons. The Balaban J connectivity index is 0.000000461. The number of ketones is 1. The van der Waals surface area contributed by atoms with E-state index in [0.717, 1.165) is 25.9 Å². The highest BCUT2D eigenvalue weighted by Crippen LogP contribution is 2.12. The van der Waals surface area contributed by atoms with Crippen molar-refractivity contribution in [1.29, 1.82) is 0 Å². The normalized spacial score (nSPS) is 23.4. The molecule has 2 heteroatoms. The molecule has 0 N–H and O–H groups in total. The van der Waals surface area contributed by atoms with Crippen LogP contribution in [-0.4, -0.2) is 18.5 Å². The molecule has 1 heterocycles. The minimum absolute atomic E-state index is 0.0845. The summed E-state index contributed by atoms with van der Waals surface area (Å²) in [5.74, 6) is 0.176. The summed E-state index contributed by atoms with van der Waals surface area (Å²) < 4.78 is 5.19. The summed E-state index contributed by atoms with van der Waals surface area (Å²) in [4.78, 5) is 10.7. The van der Waals surface area contributed by atoms with Gasteiger partial charge in [-0.25, -0.2) is 0 Å². The summed E-state index contributed by atoms with van der Waals surface area (Å²) in [5.41, 5.74) is 0. The monoisotopic (exact) mass is 158 g/mol. The molecule has 1 aliphatic rings. The van der Waals surface area contributed by atoms with Gasteiger partial charge in [0, 0.05) is 6.61 Å². The summed E-state index contributed by atoms with van der Waals surface area (Å²) >= 11 is 0. The molecule has 0 aromatic heterocycles. The van der Waals surface area contributed by atoms with Crippen LogP contribution < -0.4 is 0 Å². The Kier molecular flexibility index (Phi) is 6.13. The molecule has 1 saturated heterocycles. The third-order valence-corrected chi connectivity index (χ3v) is 1.63. The van der Waals surface area contributed by atoms with Crippen LogP contribution in [0.25, 0.3) is 0 Å². The zero-order chi connectivity index (χ0) is 8.69. The predicted molar refractivity (Wildman–Crippen MR) is 45.6 cm³/mol. The molecule has 0 amide bonds. The van der Waals surface area contributed by atoms with E-state index in [0.29, 0.717) is 0 Å². The first-order chi connectivity index (χ1) is 5.30. The minimum atomic E-state index is -0.0845. The van der Waals surface area contributed by atoms with Crippen molar-refractivity contribution in [3.63, 3.8) is 0 Å². The molecule has 0 saturated carbocycles. The standard InChI is InChI=1S/C7H12O2.C2H6/c1-6(8)7-4-2-3-5-9-7;1-2/h7H,2-5H2,1H3;1-2H3. The highest BCUT2D eigenvalue weighted by atomic mass is 16.5. The first kappa shape index (κ1) is 10.6. The van der Waals surface area contributed by atoms with E-state index in [-0.39, 0.29) is 11.9 Å². The highest BCUT2D eigenvalue weighted by Gasteiger charge is 2.17. The number of Topliss-reactive ketones (excluding diaryl/α,β-unsaturated/α-hetero) is 1. The van der Waals surface area contributed by atoms with Crippen LogP contribution in [0, 0.1) is 0 Å². The SMILES string of the molecule is CC.CC(=O)C1CCCCO1. The van der Waals surface area contributed by atoms with Gasteiger partial charge in [0.1, 0.15) is 6.10 Å². The van der Waals surface area contributed by atoms with Gasteiger partial charge in [-0.05, 0) is 26.2 Å². The molecule has 66 valence electrons. The van der Waals surface area contributed by atoms with Gasteiger partial charge in [-0.2, -0.15) is 0 Å². The number of carbonyl (C=O) groups is 1. The smallest absolute Gasteiger partial charge is 0.158 e. The second kappa shape index (κ2) is 6.35. The average Bonchev–Trinajstić information content (AvgIpc) is 2.10. The maximum Gasteiger partial charge on any atom is 0.158 e. The summed E-state index contributed by atoms with van der Waals surface area (Å²) in [6, 6.07) is 0. The molecule has 11 heavy (non-hydrogen) atoms. The molecule has 1 unspecified atom stereocenters. The Labute approximate surface area is 68.9 Å². The Hall–Kier alpha value is -0.370. The quantitative estimate of drug-likeness (QED) is 0.584. The summed E-state index contributed by atoms with van der Waals surface area (Å²) in [5, 5.41) is 0. The van der Waals surface area contributed by atoms with Crippen LogP contribution in [0.2, 0.25) is 0 Å². The van der Waals surface area contributed by atoms with Crippen molar-refractivity contribution in [3.05, 3.63) is 0 Å². The summed E-state index contributed by atoms with van der Waals surface area (Å²) in [6.45, 7) is 6.36. The Morgan fingerprint density at radius 1 is 1.36 bits per heavy atom. The molecule has 1 aliphatic heterocycles. The lowest BCUT2D eigenvalue weighted by atomic mass is 10.1. The molecule has 1 fully saturated rings. The summed E-state index contributed by atoms with van der Waals surface area (Å²) in [7, 11) is 0. The number of hydrogen-bond donors (Lipinski definition) is 0. The molecule has 1 rings (SSSR count). The third kappa shape index (κ3) is 4.14. The fraction of sp³-hybridized carbons (Fsp3) is 0.889. The van der Waals surface area contributed by atoms with E-state index in [1.54, 1.807) is 6.92 Å². The number of rotatable bonds is 1. The van der Waals surface area contributed by atoms with E-state index < -0.39 is 0 Å². The zero-order valence-electron chi connectivity index (χ0n) is 7.72. The first-order valence-electron chi connectivity index (χ1n) is 4.43. The highest BCUT2D eigenvalue weighted by molar-refractivity contribution is 5.80. The second-order valence-electron chi connectivity index (χ2n) is 2.47. The van der Waals surface area contributed by atoms with Gasteiger partial charge in [-0.15, -0.1) is 0 Å². The number of carbonyl (C=O) groups excluding carboxylic acids is 1. The van der Waals surface area contributed by atoms with Crippen LogP contribution in [0.5, 0.6) is 0 Å². The van der Waals surface area contributed by atoms with Gasteiger partial charge in [0.15, 0.2) is 5.78 Å². The minimum Gasteiger partial charge on any atom is -0.370 e. The van der Waals surface area contributed by atoms with Crippen LogP contribution in [0.3, 0.4) is 0 Å². The molecule has 2 nitrogen and oxygen atoms in total. The van der Waals surface area contributed by atoms with E-state index in [4.69, 9.17) is 4.74 Å². The van der Waals surface area contributed by atoms with Gasteiger partial charge in [-0.1, -0.05) is 13.8 Å². The third-order valence-electron chi connectivity index (χ3n) is 1.63. The molecule has 0 aliphatic carbocycles. The first-order valence-corrected chi connectivity index (χ1v) is 4.43. The average molecular weight is 158 g/mol. The Bertz CT molecular complexity index is 104. The molecule has 0 aromatic rings. The van der Waals surface area contributed by atoms with Crippen molar-refractivity contribution in [2.45, 2.75) is 46.1 Å². The van der Waals surface area contributed by atoms with Crippen molar-refractivity contribution >= 4 is 5.78 Å². The van der Waals surface area contributed by atoms with Crippen LogP contribution in [-0.2, 0) is 9.53 Å². The topological polar surface area (TPSA) is 26.3 Å². The van der Waals surface area contributed by atoms with E-state index >= 15 is 0 Å². The molecular formula is C9H18O2. The Morgan fingerprint density at radius 3 is 2.27 bits per heavy atom. The maximum atomic E-state index is 10.7. The van der Waals surface area contributed by atoms with Crippen molar-refractivity contribution in [2.75, 3.05) is 6.61 Å². The predicted octanol–water partition coefficient (Wildman–Crippen LogP) is 2.17. The van der Waals surface area contributed by atoms with E-state index in [1.807, 2.05) is 13.8 Å². The van der Waals surface area contributed by atoms with Gasteiger partial charge < -0.3 is 4.74 Å². The van der Waals surface area contributed by atoms with Crippen LogP contribution in [0.4, 0.5) is 0 Å². The lowest BCUT2D eigenvalue weighted by molar-refractivity contribution is -0.130. The fourth-order valence-corrected chi connectivity index (χ4v) is 1.06. The number of hydrogen-bond acceptors (Lipinski definition) is 2. The molecule has 0 aromatic carbocycles. The molecule has 0 spiro atoms. The molecular weight excluding hydrogens is 140 g/mol.